The van der Waals surface area contributed by atoms with Crippen molar-refractivity contribution in [3.63, 3.8) is 0 Å². The number of likely N-dealkylation sites (N-methyl/N-ethyl adjacent to an activating group) is 1. The number of rotatable bonds is 15. The van der Waals surface area contributed by atoms with Gasteiger partial charge in [0.15, 0.2) is 0 Å². The summed E-state index contributed by atoms with van der Waals surface area (Å²) in [4.78, 5) is 60.8. The van der Waals surface area contributed by atoms with Crippen molar-refractivity contribution in [3.05, 3.63) is 108 Å². The van der Waals surface area contributed by atoms with Crippen LogP contribution in [0.5, 0.6) is 0 Å². The lowest BCUT2D eigenvalue weighted by atomic mass is 9.87. The Bertz CT molecular complexity index is 1350. The molecule has 1 saturated heterocycles. The molecule has 1 aliphatic heterocycles. The molecule has 12 nitrogen and oxygen atoms in total. The number of carbonyl (C=O) groups is 3. The third-order valence-corrected chi connectivity index (χ3v) is 8.31. The highest BCUT2D eigenvalue weighted by Gasteiger charge is 2.43. The molecule has 1 fully saturated rings. The Balaban J connectivity index is 1.55. The maximum atomic E-state index is 13.9. The zero-order chi connectivity index (χ0) is 34.2. The molecule has 0 atom stereocenters. The zero-order valence-electron chi connectivity index (χ0n) is 28.2. The molecule has 0 unspecified atom stereocenters. The maximum absolute atomic E-state index is 13.9. The number of hydrogen-bond acceptors (Lipinski definition) is 9. The van der Waals surface area contributed by atoms with Crippen LogP contribution in [0.25, 0.3) is 0 Å². The predicted molar refractivity (Wildman–Crippen MR) is 181 cm³/mol. The first-order valence-corrected chi connectivity index (χ1v) is 16.2. The van der Waals surface area contributed by atoms with Gasteiger partial charge in [-0.1, -0.05) is 91.0 Å². The van der Waals surface area contributed by atoms with Crippen molar-refractivity contribution in [3.8, 4) is 0 Å². The Morgan fingerprint density at radius 1 is 0.604 bits per heavy atom. The highest BCUT2D eigenvalue weighted by molar-refractivity contribution is 5.81. The molecule has 1 heterocycles. The lowest BCUT2D eigenvalue weighted by Gasteiger charge is -2.44. The Kier molecular flexibility index (Phi) is 14.5. The quantitative estimate of drug-likeness (QED) is 0.238. The van der Waals surface area contributed by atoms with Gasteiger partial charge in [0.25, 0.3) is 5.91 Å². The van der Waals surface area contributed by atoms with Gasteiger partial charge < -0.3 is 10.6 Å². The summed E-state index contributed by atoms with van der Waals surface area (Å²) in [5.41, 5.74) is 1.65. The van der Waals surface area contributed by atoms with E-state index in [9.17, 15) is 14.4 Å². The molecule has 0 aromatic heterocycles. The highest BCUT2D eigenvalue weighted by Crippen LogP contribution is 2.27. The van der Waals surface area contributed by atoms with Crippen molar-refractivity contribution < 1.29 is 28.9 Å². The second-order valence-electron chi connectivity index (χ2n) is 11.9. The molecular weight excluding hydrogens is 612 g/mol. The fraction of sp³-hybridized carbons (Fsp3) is 0.417. The molecule has 12 heteroatoms. The maximum Gasteiger partial charge on any atom is 0.260 e. The van der Waals surface area contributed by atoms with Crippen molar-refractivity contribution in [2.45, 2.75) is 38.2 Å². The van der Waals surface area contributed by atoms with Crippen molar-refractivity contribution in [2.75, 3.05) is 60.4 Å². The first kappa shape index (κ1) is 36.7. The summed E-state index contributed by atoms with van der Waals surface area (Å²) in [6.07, 6.45) is -0.184. The molecule has 48 heavy (non-hydrogen) atoms. The van der Waals surface area contributed by atoms with E-state index in [4.69, 9.17) is 14.5 Å². The standard InChI is InChI=1S/C36H48N6O6/c1-39(46-26-30-13-7-4-8-14-30)33(43)23-36(24-34(44)40(2)47-27-31-15-9-5-10-16-31)29-38-20-19-37-21-22-42(36)25-35(45)41(3)48-28-32-17-11-6-12-18-32/h4-18,37-38H,19-29H2,1-3H3. The van der Waals surface area contributed by atoms with E-state index in [1.54, 1.807) is 21.1 Å². The minimum atomic E-state index is -1.11. The van der Waals surface area contributed by atoms with Crippen molar-refractivity contribution in [2.24, 2.45) is 0 Å². The topological polar surface area (TPSA) is 116 Å². The molecule has 0 saturated carbocycles. The van der Waals surface area contributed by atoms with E-state index >= 15 is 0 Å². The largest absolute Gasteiger partial charge is 0.314 e. The predicted octanol–water partition coefficient (Wildman–Crippen LogP) is 2.77. The molecule has 0 spiro atoms. The second kappa shape index (κ2) is 19.0. The van der Waals surface area contributed by atoms with E-state index in [2.05, 4.69) is 10.6 Å². The molecule has 0 bridgehead atoms. The summed E-state index contributed by atoms with van der Waals surface area (Å²) in [6, 6.07) is 28.7. The van der Waals surface area contributed by atoms with Crippen LogP contribution < -0.4 is 10.6 Å². The fourth-order valence-corrected chi connectivity index (χ4v) is 5.34. The van der Waals surface area contributed by atoms with E-state index in [1.165, 1.54) is 15.2 Å². The second-order valence-corrected chi connectivity index (χ2v) is 11.9. The van der Waals surface area contributed by atoms with Gasteiger partial charge >= 0.3 is 0 Å². The van der Waals surface area contributed by atoms with Crippen molar-refractivity contribution >= 4 is 17.7 Å². The number of benzene rings is 3. The van der Waals surface area contributed by atoms with Crippen LogP contribution in [0.3, 0.4) is 0 Å². The first-order chi connectivity index (χ1) is 23.3. The van der Waals surface area contributed by atoms with E-state index < -0.39 is 5.54 Å². The lowest BCUT2D eigenvalue weighted by molar-refractivity contribution is -0.193. The van der Waals surface area contributed by atoms with E-state index in [0.29, 0.717) is 26.2 Å². The van der Waals surface area contributed by atoms with E-state index in [1.807, 2.05) is 95.9 Å². The van der Waals surface area contributed by atoms with Crippen LogP contribution in [-0.2, 0) is 48.7 Å². The van der Waals surface area contributed by atoms with Gasteiger partial charge in [0.1, 0.15) is 19.8 Å². The summed E-state index contributed by atoms with van der Waals surface area (Å²) < 4.78 is 0. The van der Waals surface area contributed by atoms with Gasteiger partial charge in [-0.05, 0) is 16.7 Å². The Morgan fingerprint density at radius 3 is 1.44 bits per heavy atom. The highest BCUT2D eigenvalue weighted by atomic mass is 16.7. The lowest BCUT2D eigenvalue weighted by Crippen LogP contribution is -2.61. The molecule has 2 N–H and O–H groups in total. The van der Waals surface area contributed by atoms with Gasteiger partial charge in [0.2, 0.25) is 11.8 Å². The average molecular weight is 661 g/mol. The van der Waals surface area contributed by atoms with Crippen LogP contribution in [0, 0.1) is 0 Å². The zero-order valence-corrected chi connectivity index (χ0v) is 28.2. The van der Waals surface area contributed by atoms with Crippen LogP contribution >= 0.6 is 0 Å². The molecular formula is C36H48N6O6. The molecule has 3 aromatic rings. The molecule has 0 radical (unpaired) electrons. The van der Waals surface area contributed by atoms with Gasteiger partial charge in [0.05, 0.1) is 12.1 Å². The van der Waals surface area contributed by atoms with Crippen LogP contribution in [0.15, 0.2) is 91.0 Å². The number of carbonyl (C=O) groups excluding carboxylic acids is 3. The van der Waals surface area contributed by atoms with Crippen LogP contribution in [0.1, 0.15) is 29.5 Å². The van der Waals surface area contributed by atoms with Gasteiger partial charge in [0, 0.05) is 66.7 Å². The van der Waals surface area contributed by atoms with E-state index in [0.717, 1.165) is 16.7 Å². The van der Waals surface area contributed by atoms with Crippen LogP contribution in [0.2, 0.25) is 0 Å². The minimum Gasteiger partial charge on any atom is -0.314 e. The van der Waals surface area contributed by atoms with Crippen LogP contribution in [-0.4, -0.2) is 104 Å². The molecule has 258 valence electrons. The smallest absolute Gasteiger partial charge is 0.260 e. The molecule has 4 rings (SSSR count). The Hall–Kier alpha value is -4.17. The number of nitrogens with one attached hydrogen (secondary N) is 2. The number of hydrogen-bond donors (Lipinski definition) is 2. The SMILES string of the molecule is CN(OCc1ccccc1)C(=O)CN1CCNCCNCC1(CC(=O)N(C)OCc1ccccc1)CC(=O)N(C)OCc1ccccc1. The summed E-state index contributed by atoms with van der Waals surface area (Å²) in [5, 5.41) is 10.4. The number of nitrogens with zero attached hydrogens (tertiary/aromatic N) is 4. The fourth-order valence-electron chi connectivity index (χ4n) is 5.34. The molecule has 1 aliphatic rings. The number of hydroxylamine groups is 6. The van der Waals surface area contributed by atoms with Gasteiger partial charge in [-0.15, -0.1) is 0 Å². The average Bonchev–Trinajstić information content (AvgIpc) is 3.20. The first-order valence-electron chi connectivity index (χ1n) is 16.2. The summed E-state index contributed by atoms with van der Waals surface area (Å²) in [6.45, 7) is 3.09. The van der Waals surface area contributed by atoms with Crippen LogP contribution in [0.4, 0.5) is 0 Å². The molecule has 0 aliphatic carbocycles. The van der Waals surface area contributed by atoms with E-state index in [-0.39, 0.29) is 63.5 Å². The van der Waals surface area contributed by atoms with Gasteiger partial charge in [-0.25, -0.2) is 15.2 Å². The van der Waals surface area contributed by atoms with Gasteiger partial charge in [-0.2, -0.15) is 0 Å². The van der Waals surface area contributed by atoms with Crippen molar-refractivity contribution in [1.29, 1.82) is 0 Å². The third-order valence-electron chi connectivity index (χ3n) is 8.31. The monoisotopic (exact) mass is 660 g/mol. The number of amides is 3. The molecule has 3 amide bonds. The summed E-state index contributed by atoms with van der Waals surface area (Å²) in [5.74, 6) is -0.963. The minimum absolute atomic E-state index is 0.0849. The summed E-state index contributed by atoms with van der Waals surface area (Å²) in [7, 11) is 4.72. The Morgan fingerprint density at radius 2 is 1.00 bits per heavy atom. The third kappa shape index (κ3) is 11.5. The van der Waals surface area contributed by atoms with Gasteiger partial charge in [-0.3, -0.25) is 33.8 Å². The Labute approximate surface area is 283 Å². The normalized spacial score (nSPS) is 15.1. The summed E-state index contributed by atoms with van der Waals surface area (Å²) >= 11 is 0. The molecule has 3 aromatic carbocycles. The van der Waals surface area contributed by atoms with Crippen molar-refractivity contribution in [1.82, 2.24) is 30.7 Å².